The van der Waals surface area contributed by atoms with Gasteiger partial charge < -0.3 is 5.32 Å². The molecule has 0 bridgehead atoms. The molecule has 0 spiro atoms. The Kier molecular flexibility index (Phi) is 3.15. The number of hydrogen-bond acceptors (Lipinski definition) is 3. The summed E-state index contributed by atoms with van der Waals surface area (Å²) in [5.74, 6) is 0. The molecule has 0 saturated carbocycles. The summed E-state index contributed by atoms with van der Waals surface area (Å²) in [5.41, 5.74) is 1.80. The van der Waals surface area contributed by atoms with Gasteiger partial charge in [0.1, 0.15) is 6.04 Å². The zero-order valence-corrected chi connectivity index (χ0v) is 8.67. The molecule has 0 fully saturated rings. The summed E-state index contributed by atoms with van der Waals surface area (Å²) in [6.45, 7) is 0. The van der Waals surface area contributed by atoms with Crippen LogP contribution < -0.4 is 5.32 Å². The molecule has 3 nitrogen and oxygen atoms in total. The molecule has 3 heteroatoms. The molecule has 78 valence electrons. The van der Waals surface area contributed by atoms with Gasteiger partial charge in [0.25, 0.3) is 0 Å². The Morgan fingerprint density at radius 3 is 2.56 bits per heavy atom. The van der Waals surface area contributed by atoms with Gasteiger partial charge in [0.05, 0.1) is 6.07 Å². The van der Waals surface area contributed by atoms with Crippen molar-refractivity contribution >= 4 is 5.69 Å². The van der Waals surface area contributed by atoms with E-state index in [9.17, 15) is 0 Å². The summed E-state index contributed by atoms with van der Waals surface area (Å²) in [6, 6.07) is 15.2. The normalized spacial score (nSPS) is 11.4. The zero-order chi connectivity index (χ0) is 11.2. The van der Waals surface area contributed by atoms with Crippen LogP contribution in [-0.4, -0.2) is 4.98 Å². The first-order valence-electron chi connectivity index (χ1n) is 5.01. The SMILES string of the molecule is N#C[C@@H](Nc1ccccc1)c1cccnc1. The second-order valence-corrected chi connectivity index (χ2v) is 3.36. The summed E-state index contributed by atoms with van der Waals surface area (Å²) < 4.78 is 0. The first-order chi connectivity index (χ1) is 7.90. The molecule has 2 aromatic rings. The van der Waals surface area contributed by atoms with Crippen LogP contribution in [0, 0.1) is 11.3 Å². The molecule has 1 aromatic heterocycles. The van der Waals surface area contributed by atoms with Crippen LogP contribution in [-0.2, 0) is 0 Å². The van der Waals surface area contributed by atoms with E-state index in [-0.39, 0.29) is 6.04 Å². The predicted octanol–water partition coefficient (Wildman–Crippen LogP) is 2.76. The molecular formula is C13H11N3. The molecule has 0 amide bonds. The summed E-state index contributed by atoms with van der Waals surface area (Å²) in [5, 5.41) is 12.2. The minimum absolute atomic E-state index is 0.365. The Labute approximate surface area is 94.4 Å². The van der Waals surface area contributed by atoms with Crippen molar-refractivity contribution in [2.24, 2.45) is 0 Å². The summed E-state index contributed by atoms with van der Waals surface area (Å²) >= 11 is 0. The number of anilines is 1. The summed E-state index contributed by atoms with van der Waals surface area (Å²) in [4.78, 5) is 4.00. The quantitative estimate of drug-likeness (QED) is 0.845. The standard InChI is InChI=1S/C13H11N3/c14-9-13(11-5-4-8-15-10-11)16-12-6-2-1-3-7-12/h1-8,10,13,16H/t13-/m1/s1. The molecule has 1 heterocycles. The highest BCUT2D eigenvalue weighted by atomic mass is 14.9. The van der Waals surface area contributed by atoms with E-state index < -0.39 is 0 Å². The lowest BCUT2D eigenvalue weighted by Crippen LogP contribution is -2.08. The van der Waals surface area contributed by atoms with E-state index in [1.807, 2.05) is 42.5 Å². The first-order valence-corrected chi connectivity index (χ1v) is 5.01. The number of nitrogens with one attached hydrogen (secondary N) is 1. The summed E-state index contributed by atoms with van der Waals surface area (Å²) in [6.07, 6.45) is 3.39. The Bertz CT molecular complexity index is 474. The van der Waals surface area contributed by atoms with Crippen LogP contribution in [0.4, 0.5) is 5.69 Å². The van der Waals surface area contributed by atoms with Crippen molar-refractivity contribution in [2.75, 3.05) is 5.32 Å². The van der Waals surface area contributed by atoms with Crippen LogP contribution in [0.25, 0.3) is 0 Å². The van der Waals surface area contributed by atoms with Crippen molar-refractivity contribution in [3.8, 4) is 6.07 Å². The lowest BCUT2D eigenvalue weighted by Gasteiger charge is -2.12. The molecule has 1 atom stereocenters. The molecule has 1 aromatic carbocycles. The van der Waals surface area contributed by atoms with Crippen LogP contribution >= 0.6 is 0 Å². The molecule has 0 saturated heterocycles. The molecule has 1 N–H and O–H groups in total. The Balaban J connectivity index is 2.17. The third-order valence-corrected chi connectivity index (χ3v) is 2.23. The number of aromatic nitrogens is 1. The number of nitrogens with zero attached hydrogens (tertiary/aromatic N) is 2. The van der Waals surface area contributed by atoms with Crippen molar-refractivity contribution in [3.63, 3.8) is 0 Å². The maximum Gasteiger partial charge on any atom is 0.141 e. The van der Waals surface area contributed by atoms with Gasteiger partial charge >= 0.3 is 0 Å². The smallest absolute Gasteiger partial charge is 0.141 e. The van der Waals surface area contributed by atoms with E-state index in [4.69, 9.17) is 5.26 Å². The number of rotatable bonds is 3. The molecule has 0 aliphatic rings. The fraction of sp³-hybridized carbons (Fsp3) is 0.0769. The number of benzene rings is 1. The number of para-hydroxylation sites is 1. The molecule has 0 aliphatic carbocycles. The van der Waals surface area contributed by atoms with E-state index in [0.717, 1.165) is 11.3 Å². The van der Waals surface area contributed by atoms with Gasteiger partial charge in [0.2, 0.25) is 0 Å². The van der Waals surface area contributed by atoms with Gasteiger partial charge in [0, 0.05) is 23.6 Å². The minimum atomic E-state index is -0.365. The molecular weight excluding hydrogens is 198 g/mol. The molecule has 2 rings (SSSR count). The fourth-order valence-electron chi connectivity index (χ4n) is 1.44. The highest BCUT2D eigenvalue weighted by molar-refractivity contribution is 5.46. The predicted molar refractivity (Wildman–Crippen MR) is 62.7 cm³/mol. The van der Waals surface area contributed by atoms with E-state index in [2.05, 4.69) is 16.4 Å². The van der Waals surface area contributed by atoms with Crippen LogP contribution in [0.1, 0.15) is 11.6 Å². The lowest BCUT2D eigenvalue weighted by molar-refractivity contribution is 0.982. The Morgan fingerprint density at radius 2 is 1.94 bits per heavy atom. The van der Waals surface area contributed by atoms with E-state index >= 15 is 0 Å². The Hall–Kier alpha value is -2.34. The van der Waals surface area contributed by atoms with Gasteiger partial charge in [-0.15, -0.1) is 0 Å². The number of hydrogen-bond donors (Lipinski definition) is 1. The second-order valence-electron chi connectivity index (χ2n) is 3.36. The first kappa shape index (κ1) is 10.2. The zero-order valence-electron chi connectivity index (χ0n) is 8.67. The lowest BCUT2D eigenvalue weighted by atomic mass is 10.1. The average molecular weight is 209 g/mol. The third-order valence-electron chi connectivity index (χ3n) is 2.23. The fourth-order valence-corrected chi connectivity index (χ4v) is 1.44. The van der Waals surface area contributed by atoms with E-state index in [1.165, 1.54) is 0 Å². The van der Waals surface area contributed by atoms with Crippen molar-refractivity contribution < 1.29 is 0 Å². The maximum atomic E-state index is 9.10. The van der Waals surface area contributed by atoms with Crippen LogP contribution in [0.5, 0.6) is 0 Å². The highest BCUT2D eigenvalue weighted by Gasteiger charge is 2.09. The second kappa shape index (κ2) is 4.94. The summed E-state index contributed by atoms with van der Waals surface area (Å²) in [7, 11) is 0. The van der Waals surface area contributed by atoms with Crippen LogP contribution in [0.15, 0.2) is 54.9 Å². The third kappa shape index (κ3) is 2.37. The van der Waals surface area contributed by atoms with Crippen LogP contribution in [0.3, 0.4) is 0 Å². The average Bonchev–Trinajstić information content (AvgIpc) is 2.38. The maximum absolute atomic E-state index is 9.10. The van der Waals surface area contributed by atoms with Gasteiger partial charge in [-0.25, -0.2) is 0 Å². The van der Waals surface area contributed by atoms with E-state index in [1.54, 1.807) is 12.4 Å². The molecule has 16 heavy (non-hydrogen) atoms. The van der Waals surface area contributed by atoms with Crippen molar-refractivity contribution in [3.05, 3.63) is 60.4 Å². The minimum Gasteiger partial charge on any atom is -0.366 e. The monoisotopic (exact) mass is 209 g/mol. The molecule has 0 unspecified atom stereocenters. The number of pyridine rings is 1. The molecule has 0 radical (unpaired) electrons. The van der Waals surface area contributed by atoms with Crippen molar-refractivity contribution in [1.82, 2.24) is 4.98 Å². The van der Waals surface area contributed by atoms with Gasteiger partial charge in [-0.1, -0.05) is 24.3 Å². The van der Waals surface area contributed by atoms with E-state index in [0.29, 0.717) is 0 Å². The number of nitriles is 1. The van der Waals surface area contributed by atoms with Gasteiger partial charge in [-0.3, -0.25) is 4.98 Å². The van der Waals surface area contributed by atoms with Crippen LogP contribution in [0.2, 0.25) is 0 Å². The molecule has 0 aliphatic heterocycles. The largest absolute Gasteiger partial charge is 0.366 e. The Morgan fingerprint density at radius 1 is 1.12 bits per heavy atom. The van der Waals surface area contributed by atoms with Gasteiger partial charge in [-0.05, 0) is 18.2 Å². The van der Waals surface area contributed by atoms with Crippen molar-refractivity contribution in [2.45, 2.75) is 6.04 Å². The van der Waals surface area contributed by atoms with Gasteiger partial charge in [0.15, 0.2) is 0 Å². The van der Waals surface area contributed by atoms with Gasteiger partial charge in [-0.2, -0.15) is 5.26 Å². The topological polar surface area (TPSA) is 48.7 Å². The highest BCUT2D eigenvalue weighted by Crippen LogP contribution is 2.17. The van der Waals surface area contributed by atoms with Crippen molar-refractivity contribution in [1.29, 1.82) is 5.26 Å².